The molecule has 0 heterocycles. The maximum absolute atomic E-state index is 9.09. The lowest BCUT2D eigenvalue weighted by molar-refractivity contribution is 0.274. The summed E-state index contributed by atoms with van der Waals surface area (Å²) in [5.41, 5.74) is 8.07. The number of nitrogens with two attached hydrogens (primary N) is 1. The number of anilines is 1. The average Bonchev–Trinajstić information content (AvgIpc) is 2.46. The second-order valence-corrected chi connectivity index (χ2v) is 4.71. The van der Waals surface area contributed by atoms with Crippen LogP contribution in [0.3, 0.4) is 0 Å². The number of ether oxygens (including phenoxy) is 2. The predicted octanol–water partition coefficient (Wildman–Crippen LogP) is 3.00. The molecule has 3 N–H and O–H groups in total. The first-order chi connectivity index (χ1) is 9.63. The molecule has 0 saturated heterocycles. The summed E-state index contributed by atoms with van der Waals surface area (Å²) in [6.07, 6.45) is 0. The third-order valence-electron chi connectivity index (χ3n) is 2.90. The van der Waals surface area contributed by atoms with Crippen LogP contribution in [0.4, 0.5) is 5.69 Å². The highest BCUT2D eigenvalue weighted by molar-refractivity contribution is 6.30. The minimum atomic E-state index is -0.0409. The van der Waals surface area contributed by atoms with E-state index in [0.29, 0.717) is 28.8 Å². The molecule has 0 saturated carbocycles. The molecule has 0 radical (unpaired) electrons. The van der Waals surface area contributed by atoms with Crippen LogP contribution < -0.4 is 15.2 Å². The van der Waals surface area contributed by atoms with Gasteiger partial charge in [0, 0.05) is 16.3 Å². The van der Waals surface area contributed by atoms with E-state index in [4.69, 9.17) is 31.9 Å². The van der Waals surface area contributed by atoms with Gasteiger partial charge in [0.1, 0.15) is 6.61 Å². The van der Waals surface area contributed by atoms with E-state index in [1.165, 1.54) is 0 Å². The Morgan fingerprint density at radius 2 is 1.95 bits per heavy atom. The van der Waals surface area contributed by atoms with E-state index < -0.39 is 0 Å². The first-order valence-corrected chi connectivity index (χ1v) is 6.46. The van der Waals surface area contributed by atoms with Gasteiger partial charge in [-0.25, -0.2) is 0 Å². The van der Waals surface area contributed by atoms with Gasteiger partial charge in [0.25, 0.3) is 0 Å². The van der Waals surface area contributed by atoms with Gasteiger partial charge in [0.2, 0.25) is 0 Å². The Morgan fingerprint density at radius 3 is 2.60 bits per heavy atom. The fourth-order valence-electron chi connectivity index (χ4n) is 1.78. The Hall–Kier alpha value is -1.91. The molecule has 0 fully saturated rings. The minimum Gasteiger partial charge on any atom is -0.493 e. The molecule has 0 amide bonds. The van der Waals surface area contributed by atoms with Crippen molar-refractivity contribution in [2.75, 3.05) is 12.8 Å². The SMILES string of the molecule is COc1cc(CO)ccc1OCc1ccc(Cl)cc1N. The van der Waals surface area contributed by atoms with Crippen LogP contribution >= 0.6 is 11.6 Å². The van der Waals surface area contributed by atoms with Crippen molar-refractivity contribution in [3.8, 4) is 11.5 Å². The molecule has 0 aliphatic rings. The summed E-state index contributed by atoms with van der Waals surface area (Å²) in [6, 6.07) is 10.6. The van der Waals surface area contributed by atoms with Crippen molar-refractivity contribution in [1.82, 2.24) is 0 Å². The lowest BCUT2D eigenvalue weighted by Crippen LogP contribution is -2.01. The van der Waals surface area contributed by atoms with E-state index in [2.05, 4.69) is 0 Å². The number of hydrogen-bond donors (Lipinski definition) is 2. The molecular formula is C15H16ClNO3. The van der Waals surface area contributed by atoms with Crippen LogP contribution in [0, 0.1) is 0 Å². The highest BCUT2D eigenvalue weighted by Crippen LogP contribution is 2.29. The second kappa shape index (κ2) is 6.50. The molecule has 5 heteroatoms. The highest BCUT2D eigenvalue weighted by Gasteiger charge is 2.07. The van der Waals surface area contributed by atoms with Gasteiger partial charge in [-0.3, -0.25) is 0 Å². The number of hydrogen-bond acceptors (Lipinski definition) is 4. The first-order valence-electron chi connectivity index (χ1n) is 6.08. The van der Waals surface area contributed by atoms with Crippen LogP contribution in [0.15, 0.2) is 36.4 Å². The maximum Gasteiger partial charge on any atom is 0.161 e. The Balaban J connectivity index is 2.14. The molecule has 106 valence electrons. The normalized spacial score (nSPS) is 10.3. The molecule has 2 aromatic carbocycles. The van der Waals surface area contributed by atoms with Gasteiger partial charge in [-0.1, -0.05) is 23.7 Å². The molecule has 0 spiro atoms. The number of rotatable bonds is 5. The van der Waals surface area contributed by atoms with Crippen molar-refractivity contribution in [2.24, 2.45) is 0 Å². The van der Waals surface area contributed by atoms with Crippen molar-refractivity contribution in [2.45, 2.75) is 13.2 Å². The van der Waals surface area contributed by atoms with Crippen molar-refractivity contribution < 1.29 is 14.6 Å². The smallest absolute Gasteiger partial charge is 0.161 e. The fourth-order valence-corrected chi connectivity index (χ4v) is 1.96. The summed E-state index contributed by atoms with van der Waals surface area (Å²) in [4.78, 5) is 0. The Labute approximate surface area is 122 Å². The molecule has 0 bridgehead atoms. The van der Waals surface area contributed by atoms with Gasteiger partial charge in [0.05, 0.1) is 13.7 Å². The van der Waals surface area contributed by atoms with E-state index in [1.807, 2.05) is 6.07 Å². The summed E-state index contributed by atoms with van der Waals surface area (Å²) in [5, 5.41) is 9.69. The van der Waals surface area contributed by atoms with E-state index in [0.717, 1.165) is 11.1 Å². The van der Waals surface area contributed by atoms with Crippen molar-refractivity contribution >= 4 is 17.3 Å². The van der Waals surface area contributed by atoms with E-state index >= 15 is 0 Å². The van der Waals surface area contributed by atoms with Gasteiger partial charge < -0.3 is 20.3 Å². The monoisotopic (exact) mass is 293 g/mol. The summed E-state index contributed by atoms with van der Waals surface area (Å²) >= 11 is 5.85. The van der Waals surface area contributed by atoms with Crippen LogP contribution in [-0.4, -0.2) is 12.2 Å². The lowest BCUT2D eigenvalue weighted by atomic mass is 10.2. The molecule has 0 unspecified atom stereocenters. The zero-order valence-electron chi connectivity index (χ0n) is 11.1. The Bertz CT molecular complexity index is 602. The van der Waals surface area contributed by atoms with Gasteiger partial charge >= 0.3 is 0 Å². The number of nitrogen functional groups attached to an aromatic ring is 1. The third kappa shape index (κ3) is 3.35. The largest absolute Gasteiger partial charge is 0.493 e. The minimum absolute atomic E-state index is 0.0409. The van der Waals surface area contributed by atoms with Gasteiger partial charge in [-0.05, 0) is 29.8 Å². The molecule has 2 aromatic rings. The van der Waals surface area contributed by atoms with Crippen LogP contribution in [-0.2, 0) is 13.2 Å². The Kier molecular flexibility index (Phi) is 4.71. The summed E-state index contributed by atoms with van der Waals surface area (Å²) < 4.78 is 10.9. The van der Waals surface area contributed by atoms with Crippen LogP contribution in [0.1, 0.15) is 11.1 Å². The fraction of sp³-hybridized carbons (Fsp3) is 0.200. The summed E-state index contributed by atoms with van der Waals surface area (Å²) in [6.45, 7) is 0.276. The van der Waals surface area contributed by atoms with Crippen LogP contribution in [0.2, 0.25) is 5.02 Å². The zero-order valence-corrected chi connectivity index (χ0v) is 11.9. The number of aliphatic hydroxyl groups excluding tert-OH is 1. The Morgan fingerprint density at radius 1 is 1.15 bits per heavy atom. The molecule has 0 aliphatic heterocycles. The average molecular weight is 294 g/mol. The topological polar surface area (TPSA) is 64.7 Å². The molecule has 0 aliphatic carbocycles. The molecular weight excluding hydrogens is 278 g/mol. The quantitative estimate of drug-likeness (QED) is 0.832. The standard InChI is InChI=1S/C15H16ClNO3/c1-19-15-6-10(8-18)2-5-14(15)20-9-11-3-4-12(16)7-13(11)17/h2-7,18H,8-9,17H2,1H3. The van der Waals surface area contributed by atoms with Gasteiger partial charge in [-0.15, -0.1) is 0 Å². The lowest BCUT2D eigenvalue weighted by Gasteiger charge is -2.13. The molecule has 20 heavy (non-hydrogen) atoms. The van der Waals surface area contributed by atoms with E-state index in [1.54, 1.807) is 37.4 Å². The number of benzene rings is 2. The third-order valence-corrected chi connectivity index (χ3v) is 3.14. The second-order valence-electron chi connectivity index (χ2n) is 4.28. The predicted molar refractivity (Wildman–Crippen MR) is 79.1 cm³/mol. The van der Waals surface area contributed by atoms with Crippen molar-refractivity contribution in [1.29, 1.82) is 0 Å². The summed E-state index contributed by atoms with van der Waals surface area (Å²) in [5.74, 6) is 1.17. The van der Waals surface area contributed by atoms with Gasteiger partial charge in [-0.2, -0.15) is 0 Å². The van der Waals surface area contributed by atoms with Gasteiger partial charge in [0.15, 0.2) is 11.5 Å². The molecule has 2 rings (SSSR count). The van der Waals surface area contributed by atoms with Crippen LogP contribution in [0.25, 0.3) is 0 Å². The highest BCUT2D eigenvalue weighted by atomic mass is 35.5. The van der Waals surface area contributed by atoms with Crippen molar-refractivity contribution in [3.63, 3.8) is 0 Å². The zero-order chi connectivity index (χ0) is 14.5. The number of methoxy groups -OCH3 is 1. The number of halogens is 1. The summed E-state index contributed by atoms with van der Waals surface area (Å²) in [7, 11) is 1.56. The molecule has 0 atom stereocenters. The van der Waals surface area contributed by atoms with Crippen LogP contribution in [0.5, 0.6) is 11.5 Å². The van der Waals surface area contributed by atoms with Crippen molar-refractivity contribution in [3.05, 3.63) is 52.5 Å². The van der Waals surface area contributed by atoms with E-state index in [9.17, 15) is 0 Å². The maximum atomic E-state index is 9.09. The molecule has 0 aromatic heterocycles. The number of aliphatic hydroxyl groups is 1. The first kappa shape index (κ1) is 14.5. The van der Waals surface area contributed by atoms with E-state index in [-0.39, 0.29) is 6.61 Å². The molecule has 4 nitrogen and oxygen atoms in total.